The van der Waals surface area contributed by atoms with Crippen LogP contribution < -0.4 is 5.73 Å². The molecule has 2 N–H and O–H groups in total. The molecule has 0 aliphatic rings. The maximum Gasteiger partial charge on any atom is 0.416 e. The van der Waals surface area contributed by atoms with E-state index in [-0.39, 0.29) is 12.4 Å². The predicted octanol–water partition coefficient (Wildman–Crippen LogP) is 3.91. The Labute approximate surface area is 100 Å². The van der Waals surface area contributed by atoms with Crippen molar-refractivity contribution in [3.8, 4) is 0 Å². The number of hydrogen-bond acceptors (Lipinski definition) is 1. The Bertz CT molecular complexity index is 339. The van der Waals surface area contributed by atoms with Crippen LogP contribution >= 0.6 is 28.3 Å². The summed E-state index contributed by atoms with van der Waals surface area (Å²) in [5.74, 6) is 0. The summed E-state index contributed by atoms with van der Waals surface area (Å²) in [5, 5.41) is 0. The normalized spacial score (nSPS) is 13.2. The zero-order valence-electron chi connectivity index (χ0n) is 7.81. The fourth-order valence-corrected chi connectivity index (χ4v) is 1.55. The summed E-state index contributed by atoms with van der Waals surface area (Å²) < 4.78 is 37.4. The number of alkyl halides is 3. The second kappa shape index (κ2) is 5.18. The predicted molar refractivity (Wildman–Crippen MR) is 59.0 cm³/mol. The number of halogens is 5. The molecule has 0 spiro atoms. The van der Waals surface area contributed by atoms with Crippen LogP contribution in [0.4, 0.5) is 13.2 Å². The van der Waals surface area contributed by atoms with E-state index in [1.807, 2.05) is 0 Å². The summed E-state index contributed by atoms with van der Waals surface area (Å²) in [4.78, 5) is 0. The lowest BCUT2D eigenvalue weighted by atomic mass is 10.1. The van der Waals surface area contributed by atoms with Crippen LogP contribution in [0.25, 0.3) is 0 Å². The van der Waals surface area contributed by atoms with Gasteiger partial charge < -0.3 is 5.73 Å². The summed E-state index contributed by atoms with van der Waals surface area (Å²) in [7, 11) is 0. The average Bonchev–Trinajstić information content (AvgIpc) is 2.01. The van der Waals surface area contributed by atoms with Gasteiger partial charge in [0.2, 0.25) is 0 Å². The smallest absolute Gasteiger partial charge is 0.324 e. The zero-order chi connectivity index (χ0) is 10.9. The minimum Gasteiger partial charge on any atom is -0.324 e. The molecule has 1 atom stereocenters. The van der Waals surface area contributed by atoms with Crippen molar-refractivity contribution in [2.75, 3.05) is 0 Å². The Morgan fingerprint density at radius 2 is 1.80 bits per heavy atom. The van der Waals surface area contributed by atoms with Crippen LogP contribution in [0.15, 0.2) is 22.7 Å². The van der Waals surface area contributed by atoms with Gasteiger partial charge in [-0.1, -0.05) is 15.9 Å². The van der Waals surface area contributed by atoms with Gasteiger partial charge >= 0.3 is 6.18 Å². The van der Waals surface area contributed by atoms with Crippen molar-refractivity contribution in [3.63, 3.8) is 0 Å². The Kier molecular flexibility index (Phi) is 5.09. The average molecular weight is 305 g/mol. The first-order chi connectivity index (χ1) is 6.30. The van der Waals surface area contributed by atoms with Gasteiger partial charge in [-0.25, -0.2) is 0 Å². The molecular formula is C9H10BrClF3N. The van der Waals surface area contributed by atoms with Crippen LogP contribution in [0.1, 0.15) is 24.1 Å². The van der Waals surface area contributed by atoms with Gasteiger partial charge in [-0.05, 0) is 30.7 Å². The highest BCUT2D eigenvalue weighted by Crippen LogP contribution is 2.32. The molecule has 0 unspecified atom stereocenters. The second-order valence-electron chi connectivity index (χ2n) is 3.06. The van der Waals surface area contributed by atoms with Gasteiger partial charge in [-0.2, -0.15) is 13.2 Å². The molecule has 0 amide bonds. The molecule has 1 nitrogen and oxygen atoms in total. The number of rotatable bonds is 1. The fraction of sp³-hybridized carbons (Fsp3) is 0.333. The monoisotopic (exact) mass is 303 g/mol. The van der Waals surface area contributed by atoms with E-state index in [2.05, 4.69) is 15.9 Å². The molecule has 0 aliphatic carbocycles. The van der Waals surface area contributed by atoms with Gasteiger partial charge in [0.15, 0.2) is 0 Å². The number of benzene rings is 1. The highest BCUT2D eigenvalue weighted by molar-refractivity contribution is 9.10. The summed E-state index contributed by atoms with van der Waals surface area (Å²) in [6.45, 7) is 1.64. The molecular weight excluding hydrogens is 294 g/mol. The van der Waals surface area contributed by atoms with Gasteiger partial charge in [-0.15, -0.1) is 12.4 Å². The third-order valence-electron chi connectivity index (χ3n) is 1.77. The summed E-state index contributed by atoms with van der Waals surface area (Å²) in [6, 6.07) is 3.27. The molecule has 1 aromatic rings. The summed E-state index contributed by atoms with van der Waals surface area (Å²) in [6.07, 6.45) is -4.33. The van der Waals surface area contributed by atoms with Gasteiger partial charge in [-0.3, -0.25) is 0 Å². The minimum atomic E-state index is -4.33. The van der Waals surface area contributed by atoms with E-state index < -0.39 is 17.8 Å². The van der Waals surface area contributed by atoms with Crippen molar-refractivity contribution in [1.29, 1.82) is 0 Å². The molecule has 1 aromatic carbocycles. The first kappa shape index (κ1) is 14.7. The Morgan fingerprint density at radius 3 is 2.20 bits per heavy atom. The molecule has 0 saturated heterocycles. The molecule has 15 heavy (non-hydrogen) atoms. The Morgan fingerprint density at radius 1 is 1.27 bits per heavy atom. The topological polar surface area (TPSA) is 26.0 Å². The van der Waals surface area contributed by atoms with E-state index in [1.54, 1.807) is 13.0 Å². The molecule has 0 radical (unpaired) electrons. The van der Waals surface area contributed by atoms with Crippen LogP contribution in [0.2, 0.25) is 0 Å². The lowest BCUT2D eigenvalue weighted by molar-refractivity contribution is -0.137. The first-order valence-corrected chi connectivity index (χ1v) is 4.73. The van der Waals surface area contributed by atoms with E-state index in [0.717, 1.165) is 12.1 Å². The molecule has 0 fully saturated rings. The van der Waals surface area contributed by atoms with Crippen molar-refractivity contribution in [2.24, 2.45) is 5.73 Å². The molecule has 86 valence electrons. The largest absolute Gasteiger partial charge is 0.416 e. The van der Waals surface area contributed by atoms with Crippen molar-refractivity contribution < 1.29 is 13.2 Å². The van der Waals surface area contributed by atoms with Crippen molar-refractivity contribution >= 4 is 28.3 Å². The third-order valence-corrected chi connectivity index (χ3v) is 2.23. The van der Waals surface area contributed by atoms with Crippen LogP contribution in [0.3, 0.4) is 0 Å². The van der Waals surface area contributed by atoms with Crippen molar-refractivity contribution in [2.45, 2.75) is 19.1 Å². The lowest BCUT2D eigenvalue weighted by Crippen LogP contribution is -2.09. The standard InChI is InChI=1S/C9H9BrF3N.ClH/c1-5(14)6-2-7(9(11,12)13)4-8(10)3-6;/h2-5H,14H2,1H3;1H/t5-;/m0./s1. The summed E-state index contributed by atoms with van der Waals surface area (Å²) >= 11 is 3.02. The second-order valence-corrected chi connectivity index (χ2v) is 3.98. The number of hydrogen-bond donors (Lipinski definition) is 1. The molecule has 0 heterocycles. The zero-order valence-corrected chi connectivity index (χ0v) is 10.2. The molecule has 0 saturated carbocycles. The van der Waals surface area contributed by atoms with Gasteiger partial charge in [0.05, 0.1) is 5.56 Å². The highest BCUT2D eigenvalue weighted by atomic mass is 79.9. The molecule has 0 aliphatic heterocycles. The van der Waals surface area contributed by atoms with Gasteiger partial charge in [0.25, 0.3) is 0 Å². The van der Waals surface area contributed by atoms with E-state index in [9.17, 15) is 13.2 Å². The molecule has 1 rings (SSSR count). The van der Waals surface area contributed by atoms with Gasteiger partial charge in [0, 0.05) is 10.5 Å². The minimum absolute atomic E-state index is 0. The van der Waals surface area contributed by atoms with Crippen molar-refractivity contribution in [1.82, 2.24) is 0 Å². The lowest BCUT2D eigenvalue weighted by Gasteiger charge is -2.11. The fourth-order valence-electron chi connectivity index (χ4n) is 1.04. The van der Waals surface area contributed by atoms with E-state index in [4.69, 9.17) is 5.73 Å². The third kappa shape index (κ3) is 4.01. The first-order valence-electron chi connectivity index (χ1n) is 3.94. The Hall–Kier alpha value is -0.260. The van der Waals surface area contributed by atoms with E-state index in [1.165, 1.54) is 0 Å². The van der Waals surface area contributed by atoms with E-state index in [0.29, 0.717) is 10.0 Å². The molecule has 0 aromatic heterocycles. The van der Waals surface area contributed by atoms with Gasteiger partial charge in [0.1, 0.15) is 0 Å². The summed E-state index contributed by atoms with van der Waals surface area (Å²) in [5.41, 5.74) is 5.29. The van der Waals surface area contributed by atoms with Crippen LogP contribution in [-0.2, 0) is 6.18 Å². The van der Waals surface area contributed by atoms with Crippen LogP contribution in [0.5, 0.6) is 0 Å². The number of nitrogens with two attached hydrogens (primary N) is 1. The maximum atomic E-state index is 12.3. The Balaban J connectivity index is 0.00000196. The van der Waals surface area contributed by atoms with Crippen LogP contribution in [0, 0.1) is 0 Å². The molecule has 0 bridgehead atoms. The van der Waals surface area contributed by atoms with E-state index >= 15 is 0 Å². The van der Waals surface area contributed by atoms with Crippen molar-refractivity contribution in [3.05, 3.63) is 33.8 Å². The van der Waals surface area contributed by atoms with Crippen LogP contribution in [-0.4, -0.2) is 0 Å². The highest BCUT2D eigenvalue weighted by Gasteiger charge is 2.31. The molecule has 6 heteroatoms. The quantitative estimate of drug-likeness (QED) is 0.836. The SMILES string of the molecule is C[C@H](N)c1cc(Br)cc(C(F)(F)F)c1.Cl. The maximum absolute atomic E-state index is 12.3.